The van der Waals surface area contributed by atoms with E-state index in [9.17, 15) is 13.6 Å². The molecule has 0 aliphatic heterocycles. The van der Waals surface area contributed by atoms with E-state index in [-0.39, 0.29) is 12.0 Å². The van der Waals surface area contributed by atoms with Crippen molar-refractivity contribution < 1.29 is 13.6 Å². The highest BCUT2D eigenvalue weighted by Crippen LogP contribution is 2.18. The fourth-order valence-electron chi connectivity index (χ4n) is 0.717. The summed E-state index contributed by atoms with van der Waals surface area (Å²) < 4.78 is 25.0. The Kier molecular flexibility index (Phi) is 1.93. The maximum Gasteiger partial charge on any atom is 0.282 e. The molecule has 4 nitrogen and oxygen atoms in total. The van der Waals surface area contributed by atoms with Crippen LogP contribution in [0.2, 0.25) is 0 Å². The molecule has 0 aromatic carbocycles. The van der Waals surface area contributed by atoms with Gasteiger partial charge in [-0.2, -0.15) is 0 Å². The van der Waals surface area contributed by atoms with Crippen LogP contribution >= 0.6 is 0 Å². The van der Waals surface area contributed by atoms with Gasteiger partial charge in [0, 0.05) is 7.05 Å². The van der Waals surface area contributed by atoms with Gasteiger partial charge in [0.25, 0.3) is 6.43 Å². The normalized spacial score (nSPS) is 10.5. The Morgan fingerprint density at radius 2 is 2.27 bits per heavy atom. The number of hydrogen-bond donors (Lipinski definition) is 0. The van der Waals surface area contributed by atoms with E-state index in [0.717, 1.165) is 4.68 Å². The lowest BCUT2D eigenvalue weighted by atomic mass is 10.3. The molecule has 1 heterocycles. The van der Waals surface area contributed by atoms with E-state index < -0.39 is 12.1 Å². The number of nitrogens with zero attached hydrogens (tertiary/aromatic N) is 3. The second-order valence-corrected chi connectivity index (χ2v) is 1.90. The molecule has 60 valence electrons. The molecule has 6 heteroatoms. The van der Waals surface area contributed by atoms with E-state index in [4.69, 9.17) is 0 Å². The first kappa shape index (κ1) is 7.77. The van der Waals surface area contributed by atoms with E-state index in [0.29, 0.717) is 0 Å². The Morgan fingerprint density at radius 1 is 1.64 bits per heavy atom. The highest BCUT2D eigenvalue weighted by Gasteiger charge is 2.18. The van der Waals surface area contributed by atoms with Crippen LogP contribution in [0.1, 0.15) is 22.6 Å². The first-order valence-corrected chi connectivity index (χ1v) is 2.79. The summed E-state index contributed by atoms with van der Waals surface area (Å²) in [4.78, 5) is 10.1. The average molecular weight is 161 g/mol. The van der Waals surface area contributed by atoms with Crippen LogP contribution in [-0.2, 0) is 7.05 Å². The van der Waals surface area contributed by atoms with Crippen molar-refractivity contribution in [3.8, 4) is 0 Å². The summed E-state index contributed by atoms with van der Waals surface area (Å²) in [6, 6.07) is 0. The van der Waals surface area contributed by atoms with Crippen LogP contribution < -0.4 is 0 Å². The van der Waals surface area contributed by atoms with E-state index in [2.05, 4.69) is 10.3 Å². The molecule has 1 rings (SSSR count). The Morgan fingerprint density at radius 3 is 2.64 bits per heavy atom. The minimum absolute atomic E-state index is 0.258. The van der Waals surface area contributed by atoms with Gasteiger partial charge >= 0.3 is 0 Å². The van der Waals surface area contributed by atoms with Crippen LogP contribution in [0.25, 0.3) is 0 Å². The zero-order chi connectivity index (χ0) is 8.43. The van der Waals surface area contributed by atoms with Crippen LogP contribution in [0.4, 0.5) is 8.78 Å². The number of alkyl halides is 2. The summed E-state index contributed by atoms with van der Waals surface area (Å²) in [5, 5.41) is 6.48. The third kappa shape index (κ3) is 1.24. The standard InChI is InChI=1S/C5H5F2N3O/c1-10-4(5(6)7)3(2-11)8-9-10/h2,5H,1H3. The van der Waals surface area contributed by atoms with Gasteiger partial charge in [-0.1, -0.05) is 5.21 Å². The third-order valence-corrected chi connectivity index (χ3v) is 1.22. The number of aldehydes is 1. The molecular weight excluding hydrogens is 156 g/mol. The van der Waals surface area contributed by atoms with Gasteiger partial charge < -0.3 is 0 Å². The van der Waals surface area contributed by atoms with Crippen LogP contribution in [0.15, 0.2) is 0 Å². The number of aryl methyl sites for hydroxylation is 1. The largest absolute Gasteiger partial charge is 0.296 e. The number of halogens is 2. The zero-order valence-electron chi connectivity index (χ0n) is 5.66. The molecule has 0 atom stereocenters. The molecule has 1 aromatic heterocycles. The minimum Gasteiger partial charge on any atom is -0.296 e. The van der Waals surface area contributed by atoms with E-state index >= 15 is 0 Å². The van der Waals surface area contributed by atoms with Crippen molar-refractivity contribution in [2.24, 2.45) is 7.05 Å². The van der Waals surface area contributed by atoms with Gasteiger partial charge in [-0.25, -0.2) is 13.5 Å². The Bertz CT molecular complexity index is 271. The van der Waals surface area contributed by atoms with Crippen LogP contribution in [0, 0.1) is 0 Å². The van der Waals surface area contributed by atoms with Crippen molar-refractivity contribution in [1.82, 2.24) is 15.0 Å². The first-order chi connectivity index (χ1) is 5.16. The third-order valence-electron chi connectivity index (χ3n) is 1.22. The molecule has 0 bridgehead atoms. The fourth-order valence-corrected chi connectivity index (χ4v) is 0.717. The molecule has 0 aliphatic carbocycles. The maximum absolute atomic E-state index is 12.0. The van der Waals surface area contributed by atoms with Crippen LogP contribution in [0.5, 0.6) is 0 Å². The molecule has 0 fully saturated rings. The zero-order valence-corrected chi connectivity index (χ0v) is 5.66. The van der Waals surface area contributed by atoms with Crippen molar-refractivity contribution in [1.29, 1.82) is 0 Å². The number of aromatic nitrogens is 3. The monoisotopic (exact) mass is 161 g/mol. The predicted octanol–water partition coefficient (Wildman–Crippen LogP) is 0.565. The number of carbonyl (C=O) groups is 1. The summed E-state index contributed by atoms with van der Waals surface area (Å²) >= 11 is 0. The van der Waals surface area contributed by atoms with Crippen molar-refractivity contribution >= 4 is 6.29 Å². The maximum atomic E-state index is 12.0. The molecule has 0 spiro atoms. The van der Waals surface area contributed by atoms with Gasteiger partial charge in [-0.05, 0) is 0 Å². The van der Waals surface area contributed by atoms with Crippen LogP contribution in [0.3, 0.4) is 0 Å². The van der Waals surface area contributed by atoms with Crippen molar-refractivity contribution in [2.75, 3.05) is 0 Å². The molecule has 0 amide bonds. The SMILES string of the molecule is Cn1nnc(C=O)c1C(F)F. The van der Waals surface area contributed by atoms with Crippen molar-refractivity contribution in [3.63, 3.8) is 0 Å². The number of carbonyl (C=O) groups excluding carboxylic acids is 1. The molecule has 0 saturated carbocycles. The van der Waals surface area contributed by atoms with E-state index in [1.54, 1.807) is 0 Å². The van der Waals surface area contributed by atoms with E-state index in [1.807, 2.05) is 0 Å². The number of hydrogen-bond acceptors (Lipinski definition) is 3. The van der Waals surface area contributed by atoms with Gasteiger partial charge in [0.2, 0.25) is 0 Å². The molecule has 0 aliphatic rings. The lowest BCUT2D eigenvalue weighted by molar-refractivity contribution is 0.109. The fraction of sp³-hybridized carbons (Fsp3) is 0.400. The number of rotatable bonds is 2. The topological polar surface area (TPSA) is 47.8 Å². The Hall–Kier alpha value is -1.33. The van der Waals surface area contributed by atoms with Gasteiger partial charge in [-0.15, -0.1) is 5.10 Å². The van der Waals surface area contributed by atoms with Crippen molar-refractivity contribution in [3.05, 3.63) is 11.4 Å². The second-order valence-electron chi connectivity index (χ2n) is 1.90. The minimum atomic E-state index is -2.71. The molecule has 0 N–H and O–H groups in total. The predicted molar refractivity (Wildman–Crippen MR) is 31.3 cm³/mol. The Balaban J connectivity index is 3.17. The van der Waals surface area contributed by atoms with Gasteiger partial charge in [-0.3, -0.25) is 4.79 Å². The lowest BCUT2D eigenvalue weighted by Gasteiger charge is -1.96. The quantitative estimate of drug-likeness (QED) is 0.595. The molecule has 11 heavy (non-hydrogen) atoms. The van der Waals surface area contributed by atoms with Gasteiger partial charge in [0.05, 0.1) is 0 Å². The summed E-state index contributed by atoms with van der Waals surface area (Å²) in [6.07, 6.45) is -2.45. The van der Waals surface area contributed by atoms with E-state index in [1.165, 1.54) is 7.05 Å². The molecule has 0 saturated heterocycles. The Labute approximate surface area is 60.8 Å². The van der Waals surface area contributed by atoms with Crippen molar-refractivity contribution in [2.45, 2.75) is 6.43 Å². The first-order valence-electron chi connectivity index (χ1n) is 2.79. The summed E-state index contributed by atoms with van der Waals surface area (Å²) in [5.74, 6) is 0. The molecule has 1 aromatic rings. The molecular formula is C5H5F2N3O. The van der Waals surface area contributed by atoms with Gasteiger partial charge in [0.1, 0.15) is 5.69 Å². The lowest BCUT2D eigenvalue weighted by Crippen LogP contribution is -2.00. The summed E-state index contributed by atoms with van der Waals surface area (Å²) in [5.41, 5.74) is -0.748. The highest BCUT2D eigenvalue weighted by atomic mass is 19.3. The second kappa shape index (κ2) is 2.73. The molecule has 0 unspecified atom stereocenters. The average Bonchev–Trinajstić information content (AvgIpc) is 2.30. The highest BCUT2D eigenvalue weighted by molar-refractivity contribution is 5.73. The summed E-state index contributed by atoms with van der Waals surface area (Å²) in [7, 11) is 1.31. The summed E-state index contributed by atoms with van der Waals surface area (Å²) in [6.45, 7) is 0. The smallest absolute Gasteiger partial charge is 0.282 e. The molecule has 0 radical (unpaired) electrons. The van der Waals surface area contributed by atoms with Crippen LogP contribution in [-0.4, -0.2) is 21.3 Å². The van der Waals surface area contributed by atoms with Gasteiger partial charge in [0.15, 0.2) is 12.0 Å².